The van der Waals surface area contributed by atoms with Crippen molar-refractivity contribution in [1.82, 2.24) is 35.7 Å². The molecule has 1 fully saturated rings. The summed E-state index contributed by atoms with van der Waals surface area (Å²) in [4.78, 5) is 17.0. The summed E-state index contributed by atoms with van der Waals surface area (Å²) in [5.74, 6) is 2.95. The molecule has 0 bridgehead atoms. The molecule has 4 N–H and O–H groups in total. The highest BCUT2D eigenvalue weighted by molar-refractivity contribution is 5.84. The SMILES string of the molecule is COc1ccc(Cn2c(CCc3ccccc3)nnc2[C@@H](Cc2c[nH]c3ccccc23)NC(=O)[C@@H]2CCNCN2)c(OC)c1. The fourth-order valence-electron chi connectivity index (χ4n) is 5.87. The topological polar surface area (TPSA) is 118 Å². The molecule has 1 aliphatic heterocycles. The minimum atomic E-state index is -0.416. The molecule has 6 rings (SSSR count). The summed E-state index contributed by atoms with van der Waals surface area (Å²) in [5, 5.41) is 20.5. The quantitative estimate of drug-likeness (QED) is 0.173. The van der Waals surface area contributed by atoms with Gasteiger partial charge < -0.3 is 29.7 Å². The Balaban J connectivity index is 1.39. The molecular formula is C34H39N7O3. The molecule has 10 nitrogen and oxygen atoms in total. The van der Waals surface area contributed by atoms with Crippen LogP contribution in [0, 0.1) is 0 Å². The van der Waals surface area contributed by atoms with E-state index >= 15 is 0 Å². The molecule has 2 aromatic heterocycles. The van der Waals surface area contributed by atoms with Gasteiger partial charge in [-0.2, -0.15) is 0 Å². The van der Waals surface area contributed by atoms with Gasteiger partial charge in [-0.15, -0.1) is 10.2 Å². The molecule has 0 unspecified atom stereocenters. The van der Waals surface area contributed by atoms with Crippen LogP contribution in [-0.2, 0) is 30.6 Å². The number of aromatic nitrogens is 4. The number of hydrogen-bond donors (Lipinski definition) is 4. The van der Waals surface area contributed by atoms with Gasteiger partial charge in [-0.05, 0) is 48.7 Å². The van der Waals surface area contributed by atoms with Crippen molar-refractivity contribution in [2.75, 3.05) is 27.4 Å². The van der Waals surface area contributed by atoms with Gasteiger partial charge in [0, 0.05) is 48.2 Å². The molecule has 3 heterocycles. The van der Waals surface area contributed by atoms with E-state index in [2.05, 4.69) is 61.9 Å². The summed E-state index contributed by atoms with van der Waals surface area (Å²) in [7, 11) is 3.30. The molecule has 3 aromatic carbocycles. The van der Waals surface area contributed by atoms with Crippen LogP contribution < -0.4 is 25.4 Å². The molecule has 1 amide bonds. The maximum Gasteiger partial charge on any atom is 0.237 e. The predicted molar refractivity (Wildman–Crippen MR) is 170 cm³/mol. The van der Waals surface area contributed by atoms with Crippen molar-refractivity contribution >= 4 is 16.8 Å². The van der Waals surface area contributed by atoms with Gasteiger partial charge in [0.1, 0.15) is 17.3 Å². The summed E-state index contributed by atoms with van der Waals surface area (Å²) in [6.07, 6.45) is 4.80. The van der Waals surface area contributed by atoms with E-state index in [1.165, 1.54) is 5.56 Å². The Morgan fingerprint density at radius 1 is 1.00 bits per heavy atom. The largest absolute Gasteiger partial charge is 0.497 e. The first-order chi connectivity index (χ1) is 21.6. The maximum absolute atomic E-state index is 13.6. The third kappa shape index (κ3) is 6.61. The van der Waals surface area contributed by atoms with Crippen LogP contribution in [0.15, 0.2) is 79.0 Å². The van der Waals surface area contributed by atoms with E-state index in [1.54, 1.807) is 14.2 Å². The van der Waals surface area contributed by atoms with Crippen molar-refractivity contribution in [1.29, 1.82) is 0 Å². The van der Waals surface area contributed by atoms with Gasteiger partial charge in [0.15, 0.2) is 5.82 Å². The van der Waals surface area contributed by atoms with Gasteiger partial charge in [-0.1, -0.05) is 48.5 Å². The molecule has 0 saturated carbocycles. The highest BCUT2D eigenvalue weighted by Crippen LogP contribution is 2.29. The molecule has 2 atom stereocenters. The van der Waals surface area contributed by atoms with Crippen molar-refractivity contribution in [3.8, 4) is 11.5 Å². The van der Waals surface area contributed by atoms with E-state index in [4.69, 9.17) is 19.7 Å². The number of ether oxygens (including phenoxy) is 2. The van der Waals surface area contributed by atoms with Crippen LogP contribution in [0.2, 0.25) is 0 Å². The van der Waals surface area contributed by atoms with Crippen molar-refractivity contribution in [2.24, 2.45) is 0 Å². The van der Waals surface area contributed by atoms with Gasteiger partial charge in [-0.3, -0.25) is 10.1 Å². The minimum Gasteiger partial charge on any atom is -0.497 e. The lowest BCUT2D eigenvalue weighted by molar-refractivity contribution is -0.124. The van der Waals surface area contributed by atoms with E-state index in [-0.39, 0.29) is 11.9 Å². The number of aromatic amines is 1. The second kappa shape index (κ2) is 13.7. The molecule has 1 aliphatic rings. The average molecular weight is 594 g/mol. The van der Waals surface area contributed by atoms with Crippen LogP contribution in [0.4, 0.5) is 0 Å². The van der Waals surface area contributed by atoms with Gasteiger partial charge >= 0.3 is 0 Å². The van der Waals surface area contributed by atoms with E-state index in [1.807, 2.05) is 42.6 Å². The van der Waals surface area contributed by atoms with Crippen molar-refractivity contribution in [2.45, 2.75) is 44.3 Å². The standard InChI is InChI=1S/C34H39N7O3/c1-43-26-14-13-24(31(19-26)44-2)21-41-32(15-12-23-8-4-3-5-9-23)39-40-33(41)30(38-34(42)29-16-17-35-22-37-29)18-25-20-36-28-11-7-6-10-27(25)28/h3-11,13-14,19-20,29-30,35-37H,12,15-18,21-22H2,1-2H3,(H,38,42)/t29-,30+/m0/s1. The molecule has 44 heavy (non-hydrogen) atoms. The van der Waals surface area contributed by atoms with E-state index in [9.17, 15) is 4.79 Å². The van der Waals surface area contributed by atoms with Gasteiger partial charge in [0.25, 0.3) is 0 Å². The number of hydrogen-bond acceptors (Lipinski definition) is 7. The fourth-order valence-corrected chi connectivity index (χ4v) is 5.87. The summed E-state index contributed by atoms with van der Waals surface area (Å²) >= 11 is 0. The van der Waals surface area contributed by atoms with Crippen LogP contribution in [0.5, 0.6) is 11.5 Å². The third-order valence-corrected chi connectivity index (χ3v) is 8.29. The highest BCUT2D eigenvalue weighted by atomic mass is 16.5. The molecule has 0 radical (unpaired) electrons. The first-order valence-corrected chi connectivity index (χ1v) is 15.1. The second-order valence-corrected chi connectivity index (χ2v) is 11.1. The lowest BCUT2D eigenvalue weighted by atomic mass is 10.0. The summed E-state index contributed by atoms with van der Waals surface area (Å²) in [5.41, 5.74) is 4.35. The number of carbonyl (C=O) groups excluding carboxylic acids is 1. The zero-order chi connectivity index (χ0) is 30.3. The monoisotopic (exact) mass is 593 g/mol. The van der Waals surface area contributed by atoms with Crippen LogP contribution in [0.3, 0.4) is 0 Å². The van der Waals surface area contributed by atoms with E-state index < -0.39 is 6.04 Å². The number of amides is 1. The number of nitrogens with zero attached hydrogens (tertiary/aromatic N) is 3. The van der Waals surface area contributed by atoms with Crippen molar-refractivity contribution in [3.05, 3.63) is 107 Å². The number of nitrogens with one attached hydrogen (secondary N) is 4. The number of fused-ring (bicyclic) bond motifs is 1. The normalized spacial score (nSPS) is 15.6. The Labute approximate surface area is 257 Å². The number of carbonyl (C=O) groups is 1. The van der Waals surface area contributed by atoms with E-state index in [0.717, 1.165) is 46.6 Å². The number of rotatable bonds is 12. The van der Waals surface area contributed by atoms with Gasteiger partial charge in [0.05, 0.1) is 32.8 Å². The number of para-hydroxylation sites is 1. The van der Waals surface area contributed by atoms with Gasteiger partial charge in [0.2, 0.25) is 5.91 Å². The van der Waals surface area contributed by atoms with Crippen LogP contribution in [0.25, 0.3) is 10.9 Å². The van der Waals surface area contributed by atoms with Crippen LogP contribution in [0.1, 0.15) is 40.8 Å². The molecule has 228 valence electrons. The number of benzene rings is 3. The summed E-state index contributed by atoms with van der Waals surface area (Å²) < 4.78 is 13.3. The van der Waals surface area contributed by atoms with Crippen molar-refractivity contribution < 1.29 is 14.3 Å². The smallest absolute Gasteiger partial charge is 0.237 e. The second-order valence-electron chi connectivity index (χ2n) is 11.1. The van der Waals surface area contributed by atoms with Crippen LogP contribution in [-0.4, -0.2) is 59.1 Å². The zero-order valence-electron chi connectivity index (χ0n) is 25.2. The number of methoxy groups -OCH3 is 2. The summed E-state index contributed by atoms with van der Waals surface area (Å²) in [6.45, 7) is 1.86. The molecule has 10 heteroatoms. The lowest BCUT2D eigenvalue weighted by Gasteiger charge is -2.27. The minimum absolute atomic E-state index is 0.0428. The highest BCUT2D eigenvalue weighted by Gasteiger charge is 2.29. The zero-order valence-corrected chi connectivity index (χ0v) is 25.2. The third-order valence-electron chi connectivity index (χ3n) is 8.29. The Hall–Kier alpha value is -4.67. The fraction of sp³-hybridized carbons (Fsp3) is 0.324. The maximum atomic E-state index is 13.6. The number of H-pyrrole nitrogens is 1. The first-order valence-electron chi connectivity index (χ1n) is 15.1. The Kier molecular flexibility index (Phi) is 9.19. The molecule has 0 spiro atoms. The van der Waals surface area contributed by atoms with Gasteiger partial charge in [-0.25, -0.2) is 0 Å². The average Bonchev–Trinajstić information content (AvgIpc) is 3.68. The van der Waals surface area contributed by atoms with E-state index in [0.29, 0.717) is 44.0 Å². The molecular weight excluding hydrogens is 554 g/mol. The Morgan fingerprint density at radius 3 is 2.64 bits per heavy atom. The molecule has 5 aromatic rings. The lowest BCUT2D eigenvalue weighted by Crippen LogP contribution is -2.53. The Bertz CT molecular complexity index is 1690. The molecule has 1 saturated heterocycles. The predicted octanol–water partition coefficient (Wildman–Crippen LogP) is 3.92. The summed E-state index contributed by atoms with van der Waals surface area (Å²) in [6, 6.07) is 23.7. The Morgan fingerprint density at radius 2 is 1.84 bits per heavy atom. The van der Waals surface area contributed by atoms with Crippen molar-refractivity contribution in [3.63, 3.8) is 0 Å². The number of aryl methyl sites for hydroxylation is 2. The first kappa shape index (κ1) is 29.4. The van der Waals surface area contributed by atoms with Crippen LogP contribution >= 0.6 is 0 Å². The molecule has 0 aliphatic carbocycles.